The first-order valence-electron chi connectivity index (χ1n) is 3.08. The molecular formula is C6H13IO2. The van der Waals surface area contributed by atoms with Gasteiger partial charge in [-0.3, -0.25) is 0 Å². The molecule has 0 bridgehead atoms. The molecule has 0 spiro atoms. The van der Waals surface area contributed by atoms with Gasteiger partial charge in [-0.2, -0.15) is 0 Å². The lowest BCUT2D eigenvalue weighted by Crippen LogP contribution is -2.15. The van der Waals surface area contributed by atoms with Gasteiger partial charge >= 0.3 is 0 Å². The summed E-state index contributed by atoms with van der Waals surface area (Å²) in [6, 6.07) is 0. The summed E-state index contributed by atoms with van der Waals surface area (Å²) in [5.41, 5.74) is 0. The Morgan fingerprint density at radius 1 is 1.44 bits per heavy atom. The Kier molecular flexibility index (Phi) is 5.83. The van der Waals surface area contributed by atoms with Crippen molar-refractivity contribution in [3.05, 3.63) is 0 Å². The highest BCUT2D eigenvalue weighted by atomic mass is 127. The minimum Gasteiger partial charge on any atom is -0.353 e. The first-order valence-corrected chi connectivity index (χ1v) is 4.32. The summed E-state index contributed by atoms with van der Waals surface area (Å²) < 4.78 is 10.6. The molecule has 0 aromatic heterocycles. The Hall–Kier alpha value is 0.650. The molecule has 0 heterocycles. The predicted molar refractivity (Wildman–Crippen MR) is 45.7 cm³/mol. The lowest BCUT2D eigenvalue weighted by molar-refractivity contribution is -0.128. The fraction of sp³-hybridized carbons (Fsp3) is 1.00. The fourth-order valence-electron chi connectivity index (χ4n) is 0.538. The normalized spacial score (nSPS) is 17.3. The molecule has 0 saturated carbocycles. The molecule has 0 aliphatic carbocycles. The molecule has 0 aromatic carbocycles. The number of rotatable bonds is 4. The molecule has 0 rings (SSSR count). The van der Waals surface area contributed by atoms with Gasteiger partial charge in [0.15, 0.2) is 6.29 Å². The molecule has 0 saturated heterocycles. The number of ether oxygens (including phenoxy) is 2. The second-order valence-corrected chi connectivity index (χ2v) is 3.46. The van der Waals surface area contributed by atoms with E-state index in [0.717, 1.165) is 0 Å². The lowest BCUT2D eigenvalue weighted by Gasteiger charge is -2.13. The second-order valence-electron chi connectivity index (χ2n) is 1.70. The van der Waals surface area contributed by atoms with E-state index >= 15 is 0 Å². The molecule has 0 aromatic rings. The molecule has 0 N–H and O–H groups in total. The topological polar surface area (TPSA) is 18.5 Å². The summed E-state index contributed by atoms with van der Waals surface area (Å²) in [5.74, 6) is 0. The molecule has 0 aliphatic heterocycles. The van der Waals surface area contributed by atoms with E-state index in [9.17, 15) is 0 Å². The van der Waals surface area contributed by atoms with Gasteiger partial charge in [-0.25, -0.2) is 0 Å². The van der Waals surface area contributed by atoms with E-state index in [-0.39, 0.29) is 10.4 Å². The molecule has 9 heavy (non-hydrogen) atoms. The van der Waals surface area contributed by atoms with Crippen LogP contribution in [0, 0.1) is 0 Å². The van der Waals surface area contributed by atoms with Crippen LogP contribution in [0.3, 0.4) is 0 Å². The minimum absolute atomic E-state index is 0.0677. The van der Waals surface area contributed by atoms with Crippen LogP contribution in [0.25, 0.3) is 0 Å². The third-order valence-corrected chi connectivity index (χ3v) is 1.07. The summed E-state index contributed by atoms with van der Waals surface area (Å²) in [4.78, 5) is 0. The summed E-state index contributed by atoms with van der Waals surface area (Å²) in [6.45, 7) is 6.55. The fourth-order valence-corrected chi connectivity index (χ4v) is 0.952. The largest absolute Gasteiger partial charge is 0.353 e. The summed E-state index contributed by atoms with van der Waals surface area (Å²) in [6.07, 6.45) is -0.0677. The van der Waals surface area contributed by atoms with Crippen LogP contribution >= 0.6 is 22.6 Å². The smallest absolute Gasteiger partial charge is 0.156 e. The molecular weight excluding hydrogens is 231 g/mol. The van der Waals surface area contributed by atoms with E-state index in [1.807, 2.05) is 20.8 Å². The number of halogens is 1. The zero-order valence-electron chi connectivity index (χ0n) is 6.06. The van der Waals surface area contributed by atoms with Crippen LogP contribution in [0.2, 0.25) is 0 Å². The van der Waals surface area contributed by atoms with E-state index in [1.54, 1.807) is 0 Å². The third-order valence-electron chi connectivity index (χ3n) is 0.781. The predicted octanol–water partition coefficient (Wildman–Crippen LogP) is 2.17. The van der Waals surface area contributed by atoms with Gasteiger partial charge in [0, 0.05) is 6.61 Å². The monoisotopic (exact) mass is 244 g/mol. The van der Waals surface area contributed by atoms with E-state index in [0.29, 0.717) is 6.61 Å². The summed E-state index contributed by atoms with van der Waals surface area (Å²) in [5, 5.41) is 0. The summed E-state index contributed by atoms with van der Waals surface area (Å²) in [7, 11) is 0. The molecule has 0 aliphatic rings. The van der Waals surface area contributed by atoms with Crippen molar-refractivity contribution < 1.29 is 9.47 Å². The van der Waals surface area contributed by atoms with Crippen LogP contribution in [-0.2, 0) is 9.47 Å². The SMILES string of the molecule is CCOC(C)OC(C)I. The van der Waals surface area contributed by atoms with Crippen molar-refractivity contribution in [2.45, 2.75) is 31.2 Å². The van der Waals surface area contributed by atoms with Gasteiger partial charge in [-0.1, -0.05) is 22.6 Å². The maximum Gasteiger partial charge on any atom is 0.156 e. The average Bonchev–Trinajstić information content (AvgIpc) is 1.63. The highest BCUT2D eigenvalue weighted by Crippen LogP contribution is 2.05. The van der Waals surface area contributed by atoms with Crippen molar-refractivity contribution in [1.82, 2.24) is 0 Å². The number of hydrogen-bond donors (Lipinski definition) is 0. The van der Waals surface area contributed by atoms with E-state index in [4.69, 9.17) is 9.47 Å². The van der Waals surface area contributed by atoms with Crippen molar-refractivity contribution in [2.75, 3.05) is 6.61 Å². The van der Waals surface area contributed by atoms with Crippen molar-refractivity contribution in [2.24, 2.45) is 0 Å². The van der Waals surface area contributed by atoms with Crippen molar-refractivity contribution in [3.8, 4) is 0 Å². The van der Waals surface area contributed by atoms with Gasteiger partial charge in [-0.15, -0.1) is 0 Å². The number of hydrogen-bond acceptors (Lipinski definition) is 2. The maximum absolute atomic E-state index is 5.26. The van der Waals surface area contributed by atoms with Gasteiger partial charge < -0.3 is 9.47 Å². The van der Waals surface area contributed by atoms with Gasteiger partial charge in [0.05, 0.1) is 0 Å². The summed E-state index contributed by atoms with van der Waals surface area (Å²) >= 11 is 2.20. The molecule has 0 radical (unpaired) electrons. The van der Waals surface area contributed by atoms with Crippen molar-refractivity contribution in [3.63, 3.8) is 0 Å². The Morgan fingerprint density at radius 2 is 2.00 bits per heavy atom. The molecule has 3 heteroatoms. The zero-order chi connectivity index (χ0) is 7.28. The van der Waals surface area contributed by atoms with Gasteiger partial charge in [0.25, 0.3) is 0 Å². The van der Waals surface area contributed by atoms with E-state index in [2.05, 4.69) is 22.6 Å². The molecule has 2 nitrogen and oxygen atoms in total. The molecule has 2 unspecified atom stereocenters. The minimum atomic E-state index is -0.0677. The standard InChI is InChI=1S/C6H13IO2/c1-4-8-6(3)9-5(2)7/h5-6H,4H2,1-3H3. The average molecular weight is 244 g/mol. The van der Waals surface area contributed by atoms with Crippen LogP contribution < -0.4 is 0 Å². The van der Waals surface area contributed by atoms with Gasteiger partial charge in [0.2, 0.25) is 0 Å². The Balaban J connectivity index is 3.15. The first-order chi connectivity index (χ1) is 4.16. The molecule has 56 valence electrons. The first kappa shape index (κ1) is 9.65. The molecule has 2 atom stereocenters. The Bertz CT molecular complexity index is 66.1. The Labute approximate surface area is 70.1 Å². The van der Waals surface area contributed by atoms with E-state index in [1.165, 1.54) is 0 Å². The van der Waals surface area contributed by atoms with Crippen LogP contribution in [0.15, 0.2) is 0 Å². The lowest BCUT2D eigenvalue weighted by atomic mass is 10.7. The van der Waals surface area contributed by atoms with Gasteiger partial charge in [0.1, 0.15) is 4.11 Å². The third kappa shape index (κ3) is 6.54. The zero-order valence-corrected chi connectivity index (χ0v) is 8.21. The highest BCUT2D eigenvalue weighted by Gasteiger charge is 2.02. The van der Waals surface area contributed by atoms with Crippen LogP contribution in [0.1, 0.15) is 20.8 Å². The molecule has 0 amide bonds. The van der Waals surface area contributed by atoms with Crippen LogP contribution in [-0.4, -0.2) is 17.0 Å². The quantitative estimate of drug-likeness (QED) is 0.428. The molecule has 0 fully saturated rings. The van der Waals surface area contributed by atoms with Crippen LogP contribution in [0.4, 0.5) is 0 Å². The maximum atomic E-state index is 5.26. The highest BCUT2D eigenvalue weighted by molar-refractivity contribution is 14.1. The van der Waals surface area contributed by atoms with Crippen molar-refractivity contribution in [1.29, 1.82) is 0 Å². The van der Waals surface area contributed by atoms with Crippen LogP contribution in [0.5, 0.6) is 0 Å². The van der Waals surface area contributed by atoms with E-state index < -0.39 is 0 Å². The second kappa shape index (κ2) is 5.44. The Morgan fingerprint density at radius 3 is 2.33 bits per heavy atom. The van der Waals surface area contributed by atoms with Gasteiger partial charge in [-0.05, 0) is 20.8 Å². The number of alkyl halides is 1. The van der Waals surface area contributed by atoms with Crippen molar-refractivity contribution >= 4 is 22.6 Å².